The number of carbonyl (C=O) groups is 3. The first-order chi connectivity index (χ1) is 25.5. The second-order valence-electron chi connectivity index (χ2n) is 12.9. The average Bonchev–Trinajstić information content (AvgIpc) is 3.14. The van der Waals surface area contributed by atoms with Crippen molar-refractivity contribution in [1.82, 2.24) is 0 Å². The van der Waals surface area contributed by atoms with E-state index in [-0.39, 0.29) is 37.5 Å². The monoisotopic (exact) mass is 721 g/mol. The molecular formula is C46H72O6. The molecule has 0 heterocycles. The Morgan fingerprint density at radius 3 is 1.48 bits per heavy atom. The van der Waals surface area contributed by atoms with Gasteiger partial charge in [-0.25, -0.2) is 0 Å². The topological polar surface area (TPSA) is 78.9 Å². The van der Waals surface area contributed by atoms with Crippen LogP contribution in [-0.4, -0.2) is 37.2 Å². The summed E-state index contributed by atoms with van der Waals surface area (Å²) < 4.78 is 16.5. The van der Waals surface area contributed by atoms with Gasteiger partial charge in [-0.15, -0.1) is 0 Å². The van der Waals surface area contributed by atoms with E-state index in [1.807, 2.05) is 36.5 Å². The smallest absolute Gasteiger partial charge is 0.306 e. The van der Waals surface area contributed by atoms with E-state index in [4.69, 9.17) is 14.2 Å². The maximum Gasteiger partial charge on any atom is 0.306 e. The molecule has 0 amide bonds. The number of unbranched alkanes of at least 4 members (excludes halogenated alkanes) is 10. The molecule has 0 aromatic carbocycles. The predicted octanol–water partition coefficient (Wildman–Crippen LogP) is 12.7. The van der Waals surface area contributed by atoms with E-state index in [2.05, 4.69) is 81.5 Å². The van der Waals surface area contributed by atoms with Crippen molar-refractivity contribution in [2.45, 2.75) is 162 Å². The summed E-state index contributed by atoms with van der Waals surface area (Å²) in [6, 6.07) is 0. The van der Waals surface area contributed by atoms with E-state index in [0.29, 0.717) is 19.3 Å². The molecule has 0 aliphatic carbocycles. The van der Waals surface area contributed by atoms with Crippen LogP contribution >= 0.6 is 0 Å². The van der Waals surface area contributed by atoms with Crippen molar-refractivity contribution in [2.24, 2.45) is 0 Å². The van der Waals surface area contributed by atoms with Crippen molar-refractivity contribution in [1.29, 1.82) is 0 Å². The van der Waals surface area contributed by atoms with Crippen molar-refractivity contribution in [3.63, 3.8) is 0 Å². The Bertz CT molecular complexity index is 1100. The zero-order valence-electron chi connectivity index (χ0n) is 33.0. The zero-order chi connectivity index (χ0) is 38.0. The quantitative estimate of drug-likeness (QED) is 0.0216. The molecule has 0 saturated carbocycles. The predicted molar refractivity (Wildman–Crippen MR) is 219 cm³/mol. The van der Waals surface area contributed by atoms with Crippen LogP contribution in [0.5, 0.6) is 0 Å². The summed E-state index contributed by atoms with van der Waals surface area (Å²) in [7, 11) is 0. The molecule has 0 aromatic heterocycles. The molecule has 0 aliphatic rings. The van der Waals surface area contributed by atoms with E-state index in [9.17, 15) is 14.4 Å². The lowest BCUT2D eigenvalue weighted by Gasteiger charge is -2.18. The molecule has 0 aliphatic heterocycles. The molecule has 0 fully saturated rings. The van der Waals surface area contributed by atoms with E-state index in [0.717, 1.165) is 96.3 Å². The maximum atomic E-state index is 12.6. The minimum Gasteiger partial charge on any atom is -0.462 e. The maximum absolute atomic E-state index is 12.6. The van der Waals surface area contributed by atoms with E-state index >= 15 is 0 Å². The fourth-order valence-corrected chi connectivity index (χ4v) is 4.87. The molecule has 0 N–H and O–H groups in total. The highest BCUT2D eigenvalue weighted by molar-refractivity contribution is 5.71. The third kappa shape index (κ3) is 37.6. The summed E-state index contributed by atoms with van der Waals surface area (Å²) in [4.78, 5) is 37.5. The summed E-state index contributed by atoms with van der Waals surface area (Å²) in [6.45, 7) is 6.19. The van der Waals surface area contributed by atoms with Crippen LogP contribution in [0.25, 0.3) is 0 Å². The van der Waals surface area contributed by atoms with Gasteiger partial charge in [-0.2, -0.15) is 0 Å². The molecule has 0 rings (SSSR count). The summed E-state index contributed by atoms with van der Waals surface area (Å²) in [5.74, 6) is -1.04. The number of allylic oxidation sites excluding steroid dienone is 16. The van der Waals surface area contributed by atoms with Gasteiger partial charge in [0.05, 0.1) is 0 Å². The highest BCUT2D eigenvalue weighted by Gasteiger charge is 2.19. The van der Waals surface area contributed by atoms with Gasteiger partial charge in [-0.1, -0.05) is 150 Å². The SMILES string of the molecule is CC\C=C/C=C\C=C/C=C\CCCCCC(=O)OCC(COC(=O)CCCCCC/C=C\CCCC)OC(=O)CCC/C=C\C/C=C\C/C=C\CC. The molecule has 292 valence electrons. The van der Waals surface area contributed by atoms with Gasteiger partial charge < -0.3 is 14.2 Å². The fraction of sp³-hybridized carbons (Fsp3) is 0.587. The van der Waals surface area contributed by atoms with Crippen molar-refractivity contribution in [2.75, 3.05) is 13.2 Å². The number of esters is 3. The largest absolute Gasteiger partial charge is 0.462 e. The van der Waals surface area contributed by atoms with Crippen molar-refractivity contribution < 1.29 is 28.6 Å². The van der Waals surface area contributed by atoms with Gasteiger partial charge in [0.1, 0.15) is 13.2 Å². The number of rotatable bonds is 34. The van der Waals surface area contributed by atoms with E-state index < -0.39 is 6.10 Å². The summed E-state index contributed by atoms with van der Waals surface area (Å²) in [5.41, 5.74) is 0. The van der Waals surface area contributed by atoms with Crippen LogP contribution in [0.2, 0.25) is 0 Å². The number of hydrogen-bond acceptors (Lipinski definition) is 6. The Hall–Kier alpha value is -3.67. The van der Waals surface area contributed by atoms with Crippen LogP contribution in [0.15, 0.2) is 97.2 Å². The molecule has 0 bridgehead atoms. The summed E-state index contributed by atoms with van der Waals surface area (Å²) >= 11 is 0. The first kappa shape index (κ1) is 48.3. The second kappa shape index (κ2) is 40.1. The second-order valence-corrected chi connectivity index (χ2v) is 12.9. The van der Waals surface area contributed by atoms with Crippen molar-refractivity contribution in [3.05, 3.63) is 97.2 Å². The Balaban J connectivity index is 4.56. The molecular weight excluding hydrogens is 648 g/mol. The van der Waals surface area contributed by atoms with Crippen LogP contribution < -0.4 is 0 Å². The molecule has 0 saturated heterocycles. The van der Waals surface area contributed by atoms with Gasteiger partial charge in [-0.3, -0.25) is 14.4 Å². The molecule has 0 aromatic rings. The minimum atomic E-state index is -0.821. The number of hydrogen-bond donors (Lipinski definition) is 0. The van der Waals surface area contributed by atoms with Gasteiger partial charge in [-0.05, 0) is 83.5 Å². The number of carbonyl (C=O) groups excluding carboxylic acids is 3. The average molecular weight is 721 g/mol. The molecule has 6 nitrogen and oxygen atoms in total. The fourth-order valence-electron chi connectivity index (χ4n) is 4.87. The lowest BCUT2D eigenvalue weighted by atomic mass is 10.1. The van der Waals surface area contributed by atoms with Crippen LogP contribution in [0.4, 0.5) is 0 Å². The third-order valence-corrected chi connectivity index (χ3v) is 7.90. The molecule has 52 heavy (non-hydrogen) atoms. The van der Waals surface area contributed by atoms with Crippen LogP contribution in [-0.2, 0) is 28.6 Å². The van der Waals surface area contributed by atoms with E-state index in [1.54, 1.807) is 0 Å². The number of ether oxygens (including phenoxy) is 3. The lowest BCUT2D eigenvalue weighted by molar-refractivity contribution is -0.167. The van der Waals surface area contributed by atoms with Gasteiger partial charge in [0.2, 0.25) is 0 Å². The van der Waals surface area contributed by atoms with Crippen LogP contribution in [0, 0.1) is 0 Å². The Morgan fingerprint density at radius 2 is 0.865 bits per heavy atom. The molecule has 0 spiro atoms. The van der Waals surface area contributed by atoms with Crippen LogP contribution in [0.1, 0.15) is 156 Å². The lowest BCUT2D eigenvalue weighted by Crippen LogP contribution is -2.30. The highest BCUT2D eigenvalue weighted by atomic mass is 16.6. The molecule has 6 heteroatoms. The standard InChI is InChI=1S/C46H72O6/c1-4-7-10-13-16-19-22-23-25-27-30-33-36-39-45(48)51-42-43(41-50-44(47)38-35-32-29-26-21-18-15-12-9-6-3)52-46(49)40-37-34-31-28-24-20-17-14-11-8-5-2/h7-8,10-11,13,15-20,22-23,25,28,31,43H,4-6,9,12,14,21,24,26-27,29-30,32-42H2,1-3H3/b10-7-,11-8-,16-13-,18-15-,20-17-,22-19-,25-23-,31-28-. The van der Waals surface area contributed by atoms with Crippen LogP contribution in [0.3, 0.4) is 0 Å². The van der Waals surface area contributed by atoms with E-state index in [1.165, 1.54) is 12.8 Å². The first-order valence-electron chi connectivity index (χ1n) is 20.3. The highest BCUT2D eigenvalue weighted by Crippen LogP contribution is 2.10. The van der Waals surface area contributed by atoms with Crippen molar-refractivity contribution in [3.8, 4) is 0 Å². The Morgan fingerprint density at radius 1 is 0.423 bits per heavy atom. The Kier molecular flexibility index (Phi) is 37.3. The van der Waals surface area contributed by atoms with Gasteiger partial charge in [0.15, 0.2) is 6.10 Å². The molecule has 0 radical (unpaired) electrons. The minimum absolute atomic E-state index is 0.119. The normalized spacial score (nSPS) is 13.1. The molecule has 1 atom stereocenters. The van der Waals surface area contributed by atoms with Gasteiger partial charge >= 0.3 is 17.9 Å². The summed E-state index contributed by atoms with van der Waals surface area (Å²) in [6.07, 6.45) is 51.2. The zero-order valence-corrected chi connectivity index (χ0v) is 33.0. The molecule has 1 unspecified atom stereocenters. The van der Waals surface area contributed by atoms with Gasteiger partial charge in [0.25, 0.3) is 0 Å². The third-order valence-electron chi connectivity index (χ3n) is 7.90. The van der Waals surface area contributed by atoms with Crippen molar-refractivity contribution >= 4 is 17.9 Å². The van der Waals surface area contributed by atoms with Gasteiger partial charge in [0, 0.05) is 19.3 Å². The summed E-state index contributed by atoms with van der Waals surface area (Å²) in [5, 5.41) is 0. The first-order valence-corrected chi connectivity index (χ1v) is 20.3. The Labute approximate surface area is 317 Å².